The molecule has 3 heteroatoms. The van der Waals surface area contributed by atoms with E-state index >= 15 is 0 Å². The number of methoxy groups -OCH3 is 1. The number of amides is 1. The van der Waals surface area contributed by atoms with Gasteiger partial charge in [-0.2, -0.15) is 0 Å². The van der Waals surface area contributed by atoms with Crippen LogP contribution in [-0.4, -0.2) is 13.2 Å². The van der Waals surface area contributed by atoms with Gasteiger partial charge in [-0.25, -0.2) is 4.79 Å². The van der Waals surface area contributed by atoms with Gasteiger partial charge >= 0.3 is 6.09 Å². The zero-order chi connectivity index (χ0) is 13.1. The maximum atomic E-state index is 11.3. The highest BCUT2D eigenvalue weighted by atomic mass is 16.5. The van der Waals surface area contributed by atoms with E-state index in [4.69, 9.17) is 0 Å². The summed E-state index contributed by atoms with van der Waals surface area (Å²) in [6.45, 7) is 9.78. The van der Waals surface area contributed by atoms with Gasteiger partial charge in [0.2, 0.25) is 0 Å². The summed E-state index contributed by atoms with van der Waals surface area (Å²) >= 11 is 0. The van der Waals surface area contributed by atoms with E-state index in [2.05, 4.69) is 16.6 Å². The van der Waals surface area contributed by atoms with Crippen LogP contribution in [-0.2, 0) is 10.3 Å². The van der Waals surface area contributed by atoms with Crippen LogP contribution in [0.4, 0.5) is 4.79 Å². The van der Waals surface area contributed by atoms with Crippen molar-refractivity contribution in [3.63, 3.8) is 0 Å². The van der Waals surface area contributed by atoms with Gasteiger partial charge in [0.15, 0.2) is 0 Å². The molecule has 0 fully saturated rings. The molecule has 1 aromatic rings. The minimum atomic E-state index is -0.497. The third-order valence-corrected chi connectivity index (χ3v) is 2.66. The molecular weight excluding hydrogens is 214 g/mol. The molecule has 1 amide bonds. The monoisotopic (exact) mass is 233 g/mol. The second-order valence-corrected chi connectivity index (χ2v) is 4.57. The second kappa shape index (κ2) is 5.04. The number of allylic oxidation sites excluding steroid dienone is 1. The summed E-state index contributed by atoms with van der Waals surface area (Å²) in [5, 5.41) is 2.82. The molecule has 0 aliphatic heterocycles. The first-order chi connectivity index (χ1) is 7.88. The lowest BCUT2D eigenvalue weighted by Gasteiger charge is -2.28. The van der Waals surface area contributed by atoms with Crippen molar-refractivity contribution in [3.8, 4) is 0 Å². The van der Waals surface area contributed by atoms with Crippen LogP contribution in [0, 0.1) is 0 Å². The van der Waals surface area contributed by atoms with Gasteiger partial charge in [0.1, 0.15) is 0 Å². The summed E-state index contributed by atoms with van der Waals surface area (Å²) in [7, 11) is 1.36. The highest BCUT2D eigenvalue weighted by Crippen LogP contribution is 2.27. The first kappa shape index (κ1) is 13.3. The van der Waals surface area contributed by atoms with Gasteiger partial charge < -0.3 is 10.1 Å². The van der Waals surface area contributed by atoms with Crippen LogP contribution >= 0.6 is 0 Å². The molecular formula is C14H19NO2. The number of nitrogens with one attached hydrogen (secondary N) is 1. The maximum absolute atomic E-state index is 11.3. The Balaban J connectivity index is 3.14. The van der Waals surface area contributed by atoms with E-state index in [9.17, 15) is 4.79 Å². The minimum absolute atomic E-state index is 0.438. The molecule has 0 aliphatic rings. The molecule has 0 saturated carbocycles. The Kier molecular flexibility index (Phi) is 3.94. The fraction of sp³-hybridized carbons (Fsp3) is 0.357. The van der Waals surface area contributed by atoms with Crippen molar-refractivity contribution in [1.82, 2.24) is 5.32 Å². The molecule has 0 radical (unpaired) electrons. The normalized spacial score (nSPS) is 10.8. The summed E-state index contributed by atoms with van der Waals surface area (Å²) in [4.78, 5) is 11.3. The van der Waals surface area contributed by atoms with Crippen LogP contribution in [0.15, 0.2) is 30.8 Å². The summed E-state index contributed by atoms with van der Waals surface area (Å²) in [5.74, 6) is 0. The van der Waals surface area contributed by atoms with Gasteiger partial charge in [-0.1, -0.05) is 36.4 Å². The molecule has 1 N–H and O–H groups in total. The Bertz CT molecular complexity index is 436. The van der Waals surface area contributed by atoms with E-state index < -0.39 is 11.6 Å². The molecule has 1 aromatic carbocycles. The Morgan fingerprint density at radius 3 is 2.47 bits per heavy atom. The largest absolute Gasteiger partial charge is 0.453 e. The zero-order valence-corrected chi connectivity index (χ0v) is 10.8. The number of carbonyl (C=O) groups excluding carboxylic acids is 1. The Morgan fingerprint density at radius 2 is 1.94 bits per heavy atom. The average Bonchev–Trinajstić information content (AvgIpc) is 2.28. The lowest BCUT2D eigenvalue weighted by atomic mass is 9.88. The molecule has 1 rings (SSSR count). The van der Waals surface area contributed by atoms with Gasteiger partial charge in [0, 0.05) is 0 Å². The molecule has 0 heterocycles. The van der Waals surface area contributed by atoms with Crippen LogP contribution in [0.25, 0.3) is 5.57 Å². The average molecular weight is 233 g/mol. The number of benzene rings is 1. The van der Waals surface area contributed by atoms with E-state index in [-0.39, 0.29) is 0 Å². The van der Waals surface area contributed by atoms with Crippen molar-refractivity contribution in [1.29, 1.82) is 0 Å². The van der Waals surface area contributed by atoms with Crippen molar-refractivity contribution in [2.75, 3.05) is 7.11 Å². The summed E-state index contributed by atoms with van der Waals surface area (Å²) in [6, 6.07) is 7.89. The predicted molar refractivity (Wildman–Crippen MR) is 69.7 cm³/mol. The van der Waals surface area contributed by atoms with Gasteiger partial charge in [0.05, 0.1) is 12.6 Å². The molecule has 0 aromatic heterocycles. The maximum Gasteiger partial charge on any atom is 0.407 e. The third-order valence-electron chi connectivity index (χ3n) is 2.66. The van der Waals surface area contributed by atoms with Crippen LogP contribution < -0.4 is 5.32 Å². The quantitative estimate of drug-likeness (QED) is 0.869. The fourth-order valence-corrected chi connectivity index (χ4v) is 1.77. The molecule has 17 heavy (non-hydrogen) atoms. The second-order valence-electron chi connectivity index (χ2n) is 4.57. The molecule has 0 saturated heterocycles. The standard InChI is InChI=1S/C14H19NO2/c1-10(2)11-8-6-7-9-12(11)14(3,4)15-13(16)17-5/h6-9H,1H2,2-5H3,(H,15,16). The number of alkyl carbamates (subject to hydrolysis) is 1. The van der Waals surface area contributed by atoms with Crippen LogP contribution in [0.1, 0.15) is 31.9 Å². The number of hydrogen-bond acceptors (Lipinski definition) is 2. The minimum Gasteiger partial charge on any atom is -0.453 e. The van der Waals surface area contributed by atoms with Crippen molar-refractivity contribution >= 4 is 11.7 Å². The summed E-state index contributed by atoms with van der Waals surface area (Å²) < 4.78 is 4.64. The van der Waals surface area contributed by atoms with Crippen LogP contribution in [0.2, 0.25) is 0 Å². The van der Waals surface area contributed by atoms with Crippen molar-refractivity contribution < 1.29 is 9.53 Å². The highest BCUT2D eigenvalue weighted by Gasteiger charge is 2.25. The Labute approximate surface area is 102 Å². The fourth-order valence-electron chi connectivity index (χ4n) is 1.77. The number of carbonyl (C=O) groups is 1. The molecule has 0 spiro atoms. The molecule has 0 unspecified atom stereocenters. The molecule has 3 nitrogen and oxygen atoms in total. The number of ether oxygens (including phenoxy) is 1. The van der Waals surface area contributed by atoms with Crippen molar-refractivity contribution in [3.05, 3.63) is 42.0 Å². The third kappa shape index (κ3) is 3.09. The van der Waals surface area contributed by atoms with Gasteiger partial charge in [-0.3, -0.25) is 0 Å². The van der Waals surface area contributed by atoms with E-state index in [1.54, 1.807) is 0 Å². The first-order valence-corrected chi connectivity index (χ1v) is 5.50. The van der Waals surface area contributed by atoms with E-state index in [0.29, 0.717) is 0 Å². The van der Waals surface area contributed by atoms with Crippen molar-refractivity contribution in [2.24, 2.45) is 0 Å². The predicted octanol–water partition coefficient (Wildman–Crippen LogP) is 3.31. The van der Waals surface area contributed by atoms with E-state index in [0.717, 1.165) is 16.7 Å². The topological polar surface area (TPSA) is 38.3 Å². The van der Waals surface area contributed by atoms with Gasteiger partial charge in [-0.15, -0.1) is 0 Å². The lowest BCUT2D eigenvalue weighted by Crippen LogP contribution is -2.41. The molecule has 0 atom stereocenters. The van der Waals surface area contributed by atoms with Crippen molar-refractivity contribution in [2.45, 2.75) is 26.3 Å². The van der Waals surface area contributed by atoms with E-state index in [1.165, 1.54) is 7.11 Å². The summed E-state index contributed by atoms with van der Waals surface area (Å²) in [6.07, 6.45) is -0.438. The zero-order valence-electron chi connectivity index (χ0n) is 10.8. The Hall–Kier alpha value is -1.77. The van der Waals surface area contributed by atoms with Gasteiger partial charge in [-0.05, 0) is 31.9 Å². The highest BCUT2D eigenvalue weighted by molar-refractivity contribution is 5.70. The number of hydrogen-bond donors (Lipinski definition) is 1. The lowest BCUT2D eigenvalue weighted by molar-refractivity contribution is 0.159. The van der Waals surface area contributed by atoms with Crippen LogP contribution in [0.3, 0.4) is 0 Å². The first-order valence-electron chi connectivity index (χ1n) is 5.50. The molecule has 92 valence electrons. The van der Waals surface area contributed by atoms with E-state index in [1.807, 2.05) is 45.0 Å². The smallest absolute Gasteiger partial charge is 0.407 e. The SMILES string of the molecule is C=C(C)c1ccccc1C(C)(C)NC(=O)OC. The van der Waals surface area contributed by atoms with Crippen LogP contribution in [0.5, 0.6) is 0 Å². The number of rotatable bonds is 3. The molecule has 0 aliphatic carbocycles. The molecule has 0 bridgehead atoms. The summed E-state index contributed by atoms with van der Waals surface area (Å²) in [5.41, 5.74) is 2.55. The Morgan fingerprint density at radius 1 is 1.35 bits per heavy atom. The van der Waals surface area contributed by atoms with Gasteiger partial charge in [0.25, 0.3) is 0 Å².